The van der Waals surface area contributed by atoms with Crippen LogP contribution in [0.2, 0.25) is 0 Å². The minimum atomic E-state index is -0.0731. The number of hydrogen-bond acceptors (Lipinski definition) is 2. The van der Waals surface area contributed by atoms with E-state index in [0.717, 1.165) is 37.7 Å². The van der Waals surface area contributed by atoms with Crippen LogP contribution in [0.1, 0.15) is 0 Å². The Balaban J connectivity index is 2.31. The third kappa shape index (κ3) is 1.25. The molecular formula is C20H12O2. The third-order valence-electron chi connectivity index (χ3n) is 4.58. The predicted molar refractivity (Wildman–Crippen MR) is 91.0 cm³/mol. The molecule has 104 valence electrons. The van der Waals surface area contributed by atoms with Crippen LogP contribution in [-0.2, 0) is 0 Å². The van der Waals surface area contributed by atoms with Crippen LogP contribution in [0.5, 0.6) is 11.5 Å². The predicted octanol–water partition coefficient (Wildman–Crippen LogP) is 5.15. The van der Waals surface area contributed by atoms with Crippen LogP contribution in [-0.4, -0.2) is 10.2 Å². The molecule has 0 aliphatic carbocycles. The normalized spacial score (nSPS) is 12.0. The Morgan fingerprint density at radius 3 is 1.86 bits per heavy atom. The number of phenols is 2. The van der Waals surface area contributed by atoms with Crippen LogP contribution < -0.4 is 0 Å². The van der Waals surface area contributed by atoms with E-state index in [9.17, 15) is 10.2 Å². The van der Waals surface area contributed by atoms with Crippen LogP contribution >= 0.6 is 0 Å². The van der Waals surface area contributed by atoms with E-state index in [-0.39, 0.29) is 11.5 Å². The van der Waals surface area contributed by atoms with E-state index in [1.807, 2.05) is 24.3 Å². The first kappa shape index (κ1) is 11.6. The van der Waals surface area contributed by atoms with Gasteiger partial charge in [-0.25, -0.2) is 0 Å². The summed E-state index contributed by atoms with van der Waals surface area (Å²) in [5.74, 6) is -0.113. The summed E-state index contributed by atoms with van der Waals surface area (Å²) < 4.78 is 0. The van der Waals surface area contributed by atoms with Gasteiger partial charge in [0.05, 0.1) is 0 Å². The molecule has 0 heterocycles. The molecule has 0 unspecified atom stereocenters. The Morgan fingerprint density at radius 1 is 0.545 bits per heavy atom. The average molecular weight is 284 g/mol. The summed E-state index contributed by atoms with van der Waals surface area (Å²) >= 11 is 0. The summed E-state index contributed by atoms with van der Waals surface area (Å²) in [5.41, 5.74) is 0. The molecule has 22 heavy (non-hydrogen) atoms. The molecular weight excluding hydrogens is 272 g/mol. The van der Waals surface area contributed by atoms with Gasteiger partial charge in [-0.15, -0.1) is 0 Å². The van der Waals surface area contributed by atoms with E-state index >= 15 is 0 Å². The first-order chi connectivity index (χ1) is 10.8. The van der Waals surface area contributed by atoms with Crippen molar-refractivity contribution in [3.8, 4) is 11.5 Å². The number of aromatic hydroxyl groups is 2. The van der Waals surface area contributed by atoms with Gasteiger partial charge in [-0.3, -0.25) is 0 Å². The Morgan fingerprint density at radius 2 is 1.14 bits per heavy atom. The summed E-state index contributed by atoms with van der Waals surface area (Å²) in [6, 6.07) is 20.0. The number of phenolic OH excluding ortho intramolecular Hbond substituents is 2. The molecule has 0 bridgehead atoms. The SMILES string of the molecule is Oc1cc2cccc3c4cccc5cccc(c(c1O)c23)c54. The highest BCUT2D eigenvalue weighted by molar-refractivity contribution is 6.34. The van der Waals surface area contributed by atoms with Gasteiger partial charge in [0.1, 0.15) is 0 Å². The van der Waals surface area contributed by atoms with Crippen molar-refractivity contribution >= 4 is 43.1 Å². The number of rotatable bonds is 0. The van der Waals surface area contributed by atoms with E-state index in [1.165, 1.54) is 5.39 Å². The van der Waals surface area contributed by atoms with Crippen molar-refractivity contribution in [1.29, 1.82) is 0 Å². The van der Waals surface area contributed by atoms with Gasteiger partial charge in [0.2, 0.25) is 0 Å². The van der Waals surface area contributed by atoms with Crippen LogP contribution in [0.25, 0.3) is 43.1 Å². The molecule has 0 radical (unpaired) electrons. The first-order valence-corrected chi connectivity index (χ1v) is 7.26. The summed E-state index contributed by atoms with van der Waals surface area (Å²) in [4.78, 5) is 0. The first-order valence-electron chi connectivity index (χ1n) is 7.26. The molecule has 0 amide bonds. The van der Waals surface area contributed by atoms with Crippen LogP contribution in [0.4, 0.5) is 0 Å². The fourth-order valence-electron chi connectivity index (χ4n) is 3.69. The fourth-order valence-corrected chi connectivity index (χ4v) is 3.69. The molecule has 2 nitrogen and oxygen atoms in total. The lowest BCUT2D eigenvalue weighted by Gasteiger charge is -2.15. The Hall–Kier alpha value is -3.00. The maximum atomic E-state index is 10.5. The van der Waals surface area contributed by atoms with Crippen molar-refractivity contribution in [2.24, 2.45) is 0 Å². The van der Waals surface area contributed by atoms with Crippen molar-refractivity contribution in [1.82, 2.24) is 0 Å². The number of fused-ring (bicyclic) bond motifs is 2. The van der Waals surface area contributed by atoms with E-state index in [2.05, 4.69) is 30.3 Å². The van der Waals surface area contributed by atoms with Gasteiger partial charge < -0.3 is 10.2 Å². The van der Waals surface area contributed by atoms with Gasteiger partial charge in [-0.2, -0.15) is 0 Å². The molecule has 2 N–H and O–H groups in total. The lowest BCUT2D eigenvalue weighted by molar-refractivity contribution is 0.409. The van der Waals surface area contributed by atoms with Crippen molar-refractivity contribution in [2.45, 2.75) is 0 Å². The van der Waals surface area contributed by atoms with Crippen molar-refractivity contribution < 1.29 is 10.2 Å². The van der Waals surface area contributed by atoms with Crippen LogP contribution in [0.3, 0.4) is 0 Å². The Kier molecular flexibility index (Phi) is 2.01. The highest BCUT2D eigenvalue weighted by atomic mass is 16.3. The molecule has 0 atom stereocenters. The van der Waals surface area contributed by atoms with E-state index in [0.29, 0.717) is 0 Å². The molecule has 0 aliphatic heterocycles. The highest BCUT2D eigenvalue weighted by Gasteiger charge is 2.17. The minimum absolute atomic E-state index is 0.0399. The minimum Gasteiger partial charge on any atom is -0.504 e. The molecule has 0 fully saturated rings. The van der Waals surface area contributed by atoms with E-state index in [1.54, 1.807) is 6.07 Å². The quantitative estimate of drug-likeness (QED) is 0.234. The van der Waals surface area contributed by atoms with Crippen LogP contribution in [0.15, 0.2) is 60.7 Å². The summed E-state index contributed by atoms with van der Waals surface area (Å²) in [6.45, 7) is 0. The second-order valence-corrected chi connectivity index (χ2v) is 5.73. The largest absolute Gasteiger partial charge is 0.504 e. The Bertz CT molecular complexity index is 1180. The summed E-state index contributed by atoms with van der Waals surface area (Å²) in [7, 11) is 0. The van der Waals surface area contributed by atoms with Gasteiger partial charge in [0.15, 0.2) is 11.5 Å². The molecule has 0 saturated heterocycles. The van der Waals surface area contributed by atoms with Gasteiger partial charge in [0.25, 0.3) is 0 Å². The van der Waals surface area contributed by atoms with Gasteiger partial charge >= 0.3 is 0 Å². The van der Waals surface area contributed by atoms with Gasteiger partial charge in [0, 0.05) is 10.8 Å². The third-order valence-corrected chi connectivity index (χ3v) is 4.58. The van der Waals surface area contributed by atoms with Crippen molar-refractivity contribution in [2.75, 3.05) is 0 Å². The number of benzene rings is 5. The standard InChI is InChI=1S/C20H12O2/c21-16-10-12-6-3-8-14-13-7-1-4-11-5-2-9-15(17(11)13)19(18(12)14)20(16)22/h1-10,21-22H. The lowest BCUT2D eigenvalue weighted by atomic mass is 9.89. The zero-order valence-corrected chi connectivity index (χ0v) is 11.7. The monoisotopic (exact) mass is 284 g/mol. The topological polar surface area (TPSA) is 40.5 Å². The van der Waals surface area contributed by atoms with E-state index < -0.39 is 0 Å². The van der Waals surface area contributed by atoms with Crippen LogP contribution in [0, 0.1) is 0 Å². The fraction of sp³-hybridized carbons (Fsp3) is 0. The number of hydrogen-bond donors (Lipinski definition) is 2. The van der Waals surface area contributed by atoms with Crippen molar-refractivity contribution in [3.63, 3.8) is 0 Å². The molecule has 5 aromatic carbocycles. The maximum absolute atomic E-state index is 10.5. The van der Waals surface area contributed by atoms with Gasteiger partial charge in [-0.05, 0) is 38.4 Å². The molecule has 2 heteroatoms. The molecule has 0 spiro atoms. The molecule has 0 aliphatic rings. The second kappa shape index (κ2) is 3.80. The Labute approximate surface area is 126 Å². The zero-order chi connectivity index (χ0) is 14.8. The second-order valence-electron chi connectivity index (χ2n) is 5.73. The van der Waals surface area contributed by atoms with Gasteiger partial charge in [-0.1, -0.05) is 54.6 Å². The maximum Gasteiger partial charge on any atom is 0.166 e. The zero-order valence-electron chi connectivity index (χ0n) is 11.7. The lowest BCUT2D eigenvalue weighted by Crippen LogP contribution is -1.87. The summed E-state index contributed by atoms with van der Waals surface area (Å²) in [6.07, 6.45) is 0. The van der Waals surface area contributed by atoms with Crippen molar-refractivity contribution in [3.05, 3.63) is 60.7 Å². The van der Waals surface area contributed by atoms with E-state index in [4.69, 9.17) is 0 Å². The highest BCUT2D eigenvalue weighted by Crippen LogP contribution is 2.46. The summed E-state index contributed by atoms with van der Waals surface area (Å²) in [5, 5.41) is 28.8. The smallest absolute Gasteiger partial charge is 0.166 e. The average Bonchev–Trinajstić information content (AvgIpc) is 2.55. The molecule has 5 aromatic rings. The molecule has 0 saturated carbocycles. The molecule has 0 aromatic heterocycles. The molecule has 5 rings (SSSR count).